The van der Waals surface area contributed by atoms with E-state index in [9.17, 15) is 0 Å². The maximum absolute atomic E-state index is 7.81. The molecule has 0 bridgehead atoms. The van der Waals surface area contributed by atoms with Gasteiger partial charge in [-0.2, -0.15) is 0 Å². The second-order valence-corrected chi connectivity index (χ2v) is 5.33. The number of hydrogen-bond donors (Lipinski definition) is 2. The Morgan fingerprint density at radius 3 is 2.21 bits per heavy atom. The smallest absolute Gasteiger partial charge is 0.191 e. The van der Waals surface area contributed by atoms with E-state index in [-0.39, 0.29) is 5.54 Å². The molecule has 0 atom stereocenters. The van der Waals surface area contributed by atoms with E-state index in [0.717, 1.165) is 13.0 Å². The first-order valence-electron chi connectivity index (χ1n) is 5.30. The highest BCUT2D eigenvalue weighted by atomic mass is 15.3. The Kier molecular flexibility index (Phi) is 4.95. The maximum Gasteiger partial charge on any atom is 0.191 e. The van der Waals surface area contributed by atoms with Gasteiger partial charge in [0.1, 0.15) is 0 Å². The van der Waals surface area contributed by atoms with Gasteiger partial charge in [0, 0.05) is 19.1 Å². The summed E-state index contributed by atoms with van der Waals surface area (Å²) in [6, 6.07) is 0. The molecule has 0 aliphatic rings. The topological polar surface area (TPSA) is 39.1 Å². The molecule has 14 heavy (non-hydrogen) atoms. The van der Waals surface area contributed by atoms with Gasteiger partial charge in [0.15, 0.2) is 5.96 Å². The molecule has 0 heterocycles. The second-order valence-electron chi connectivity index (χ2n) is 5.33. The molecule has 0 aromatic rings. The van der Waals surface area contributed by atoms with Crippen LogP contribution in [0.1, 0.15) is 41.0 Å². The number of hydrogen-bond acceptors (Lipinski definition) is 1. The molecule has 0 fully saturated rings. The van der Waals surface area contributed by atoms with Gasteiger partial charge in [-0.3, -0.25) is 5.41 Å². The molecule has 0 amide bonds. The Morgan fingerprint density at radius 1 is 1.36 bits per heavy atom. The zero-order valence-corrected chi connectivity index (χ0v) is 10.4. The molecular formula is C11H25N3. The number of nitrogens with one attached hydrogen (secondary N) is 2. The van der Waals surface area contributed by atoms with E-state index < -0.39 is 0 Å². The SMILES string of the molecule is CC(C)CCN(C)C(=N)NC(C)(C)C. The summed E-state index contributed by atoms with van der Waals surface area (Å²) < 4.78 is 0. The molecule has 0 aliphatic heterocycles. The average Bonchev–Trinajstić information content (AvgIpc) is 1.96. The second kappa shape index (κ2) is 5.23. The Bertz CT molecular complexity index is 179. The first-order chi connectivity index (χ1) is 6.22. The predicted octanol–water partition coefficient (Wildman–Crippen LogP) is 2.29. The van der Waals surface area contributed by atoms with Gasteiger partial charge in [-0.15, -0.1) is 0 Å². The van der Waals surface area contributed by atoms with Crippen molar-refractivity contribution in [1.29, 1.82) is 5.41 Å². The van der Waals surface area contributed by atoms with Crippen LogP contribution in [0.5, 0.6) is 0 Å². The molecule has 0 rings (SSSR count). The highest BCUT2D eigenvalue weighted by molar-refractivity contribution is 5.77. The first kappa shape index (κ1) is 13.3. The van der Waals surface area contributed by atoms with Gasteiger partial charge < -0.3 is 10.2 Å². The van der Waals surface area contributed by atoms with Gasteiger partial charge in [-0.1, -0.05) is 13.8 Å². The van der Waals surface area contributed by atoms with Crippen molar-refractivity contribution in [3.8, 4) is 0 Å². The molecule has 84 valence electrons. The minimum Gasteiger partial charge on any atom is -0.352 e. The van der Waals surface area contributed by atoms with Crippen molar-refractivity contribution in [3.05, 3.63) is 0 Å². The molecule has 0 spiro atoms. The van der Waals surface area contributed by atoms with Crippen molar-refractivity contribution < 1.29 is 0 Å². The van der Waals surface area contributed by atoms with Gasteiger partial charge in [-0.25, -0.2) is 0 Å². The zero-order chi connectivity index (χ0) is 11.4. The van der Waals surface area contributed by atoms with Crippen molar-refractivity contribution in [2.75, 3.05) is 13.6 Å². The fraction of sp³-hybridized carbons (Fsp3) is 0.909. The normalized spacial score (nSPS) is 11.6. The van der Waals surface area contributed by atoms with Crippen LogP contribution in [-0.4, -0.2) is 30.0 Å². The Morgan fingerprint density at radius 2 is 1.86 bits per heavy atom. The van der Waals surface area contributed by atoms with Gasteiger partial charge in [-0.05, 0) is 33.1 Å². The van der Waals surface area contributed by atoms with Crippen LogP contribution < -0.4 is 5.32 Å². The van der Waals surface area contributed by atoms with Crippen molar-refractivity contribution in [2.45, 2.75) is 46.6 Å². The van der Waals surface area contributed by atoms with Gasteiger partial charge >= 0.3 is 0 Å². The van der Waals surface area contributed by atoms with Crippen LogP contribution in [0.4, 0.5) is 0 Å². The summed E-state index contributed by atoms with van der Waals surface area (Å²) in [4.78, 5) is 1.96. The van der Waals surface area contributed by atoms with Crippen LogP contribution in [0, 0.1) is 11.3 Å². The van der Waals surface area contributed by atoms with E-state index in [1.165, 1.54) is 0 Å². The van der Waals surface area contributed by atoms with Crippen LogP contribution in [0.25, 0.3) is 0 Å². The van der Waals surface area contributed by atoms with Crippen molar-refractivity contribution in [1.82, 2.24) is 10.2 Å². The monoisotopic (exact) mass is 199 g/mol. The van der Waals surface area contributed by atoms with Crippen LogP contribution >= 0.6 is 0 Å². The lowest BCUT2D eigenvalue weighted by Gasteiger charge is -2.28. The lowest BCUT2D eigenvalue weighted by Crippen LogP contribution is -2.47. The van der Waals surface area contributed by atoms with E-state index in [1.54, 1.807) is 0 Å². The largest absolute Gasteiger partial charge is 0.352 e. The zero-order valence-electron chi connectivity index (χ0n) is 10.4. The van der Waals surface area contributed by atoms with Crippen molar-refractivity contribution in [3.63, 3.8) is 0 Å². The lowest BCUT2D eigenvalue weighted by molar-refractivity contribution is 0.397. The third-order valence-corrected chi connectivity index (χ3v) is 1.92. The maximum atomic E-state index is 7.81. The molecular weight excluding hydrogens is 174 g/mol. The van der Waals surface area contributed by atoms with E-state index in [4.69, 9.17) is 5.41 Å². The summed E-state index contributed by atoms with van der Waals surface area (Å²) in [5.74, 6) is 1.21. The van der Waals surface area contributed by atoms with E-state index in [1.807, 2.05) is 11.9 Å². The highest BCUT2D eigenvalue weighted by Gasteiger charge is 2.13. The first-order valence-corrected chi connectivity index (χ1v) is 5.30. The third-order valence-electron chi connectivity index (χ3n) is 1.92. The van der Waals surface area contributed by atoms with Gasteiger partial charge in [0.2, 0.25) is 0 Å². The number of rotatable bonds is 3. The summed E-state index contributed by atoms with van der Waals surface area (Å²) in [7, 11) is 1.96. The summed E-state index contributed by atoms with van der Waals surface area (Å²) >= 11 is 0. The number of guanidine groups is 1. The summed E-state index contributed by atoms with van der Waals surface area (Å²) in [6.07, 6.45) is 1.13. The van der Waals surface area contributed by atoms with Crippen LogP contribution in [0.2, 0.25) is 0 Å². The van der Waals surface area contributed by atoms with Gasteiger partial charge in [0.25, 0.3) is 0 Å². The molecule has 0 saturated heterocycles. The minimum absolute atomic E-state index is 0.0246. The Balaban J connectivity index is 3.88. The van der Waals surface area contributed by atoms with Crippen LogP contribution in [-0.2, 0) is 0 Å². The molecule has 0 aromatic carbocycles. The molecule has 0 aliphatic carbocycles. The van der Waals surface area contributed by atoms with E-state index >= 15 is 0 Å². The van der Waals surface area contributed by atoms with Crippen LogP contribution in [0.3, 0.4) is 0 Å². The minimum atomic E-state index is -0.0246. The van der Waals surface area contributed by atoms with Gasteiger partial charge in [0.05, 0.1) is 0 Å². The molecule has 0 radical (unpaired) electrons. The van der Waals surface area contributed by atoms with Crippen LogP contribution in [0.15, 0.2) is 0 Å². The fourth-order valence-corrected chi connectivity index (χ4v) is 1.01. The molecule has 0 unspecified atom stereocenters. The standard InChI is InChI=1S/C11H25N3/c1-9(2)7-8-14(6)10(12)13-11(3,4)5/h9H,7-8H2,1-6H3,(H2,12,13). The molecule has 3 heteroatoms. The molecule has 0 saturated carbocycles. The summed E-state index contributed by atoms with van der Waals surface area (Å²) in [5.41, 5.74) is -0.0246. The Hall–Kier alpha value is -0.730. The predicted molar refractivity (Wildman–Crippen MR) is 62.7 cm³/mol. The average molecular weight is 199 g/mol. The lowest BCUT2D eigenvalue weighted by atomic mass is 10.1. The van der Waals surface area contributed by atoms with Crippen molar-refractivity contribution >= 4 is 5.96 Å². The summed E-state index contributed by atoms with van der Waals surface area (Å²) in [5, 5.41) is 11.0. The number of nitrogens with zero attached hydrogens (tertiary/aromatic N) is 1. The van der Waals surface area contributed by atoms with Crippen molar-refractivity contribution in [2.24, 2.45) is 5.92 Å². The highest BCUT2D eigenvalue weighted by Crippen LogP contribution is 2.03. The third kappa shape index (κ3) is 6.75. The quantitative estimate of drug-likeness (QED) is 0.541. The summed E-state index contributed by atoms with van der Waals surface area (Å²) in [6.45, 7) is 11.6. The van der Waals surface area contributed by atoms with E-state index in [2.05, 4.69) is 39.9 Å². The van der Waals surface area contributed by atoms with E-state index in [0.29, 0.717) is 11.9 Å². The molecule has 2 N–H and O–H groups in total. The molecule has 0 aromatic heterocycles. The Labute approximate surface area is 88.4 Å². The fourth-order valence-electron chi connectivity index (χ4n) is 1.01. The molecule has 3 nitrogen and oxygen atoms in total.